The van der Waals surface area contributed by atoms with Crippen molar-refractivity contribution >= 4 is 11.6 Å². The summed E-state index contributed by atoms with van der Waals surface area (Å²) < 4.78 is 0. The third-order valence-electron chi connectivity index (χ3n) is 4.88. The van der Waals surface area contributed by atoms with Crippen LogP contribution in [0.4, 0.5) is 5.69 Å². The molecule has 1 aromatic rings. The monoisotopic (exact) mass is 286 g/mol. The SMILES string of the molecule is CCc1ccc2c(c1)CCCCN2C(=O)C1CCNCC1. The average molecular weight is 286 g/mol. The number of piperidine rings is 1. The Balaban J connectivity index is 1.87. The molecule has 2 heterocycles. The van der Waals surface area contributed by atoms with Gasteiger partial charge in [-0.1, -0.05) is 19.1 Å². The highest BCUT2D eigenvalue weighted by Gasteiger charge is 2.28. The Morgan fingerprint density at radius 2 is 2.10 bits per heavy atom. The molecule has 1 fully saturated rings. The van der Waals surface area contributed by atoms with Gasteiger partial charge in [0.1, 0.15) is 0 Å². The zero-order valence-corrected chi connectivity index (χ0v) is 13.0. The fourth-order valence-electron chi connectivity index (χ4n) is 3.55. The van der Waals surface area contributed by atoms with Gasteiger partial charge in [-0.2, -0.15) is 0 Å². The van der Waals surface area contributed by atoms with Gasteiger partial charge in [0.2, 0.25) is 5.91 Å². The summed E-state index contributed by atoms with van der Waals surface area (Å²) in [6.07, 6.45) is 6.45. The first-order chi connectivity index (χ1) is 10.3. The van der Waals surface area contributed by atoms with Crippen LogP contribution in [0.15, 0.2) is 18.2 Å². The smallest absolute Gasteiger partial charge is 0.230 e. The number of rotatable bonds is 2. The Labute approximate surface area is 127 Å². The molecule has 2 aliphatic rings. The molecular weight excluding hydrogens is 260 g/mol. The molecule has 2 aliphatic heterocycles. The molecule has 1 amide bonds. The number of hydrogen-bond donors (Lipinski definition) is 1. The lowest BCUT2D eigenvalue weighted by molar-refractivity contribution is -0.123. The number of anilines is 1. The van der Waals surface area contributed by atoms with Crippen LogP contribution in [0.5, 0.6) is 0 Å². The molecular formula is C18H26N2O. The zero-order chi connectivity index (χ0) is 14.7. The Morgan fingerprint density at radius 1 is 1.29 bits per heavy atom. The van der Waals surface area contributed by atoms with Crippen LogP contribution >= 0.6 is 0 Å². The number of aryl methyl sites for hydroxylation is 2. The van der Waals surface area contributed by atoms with Crippen molar-refractivity contribution in [3.05, 3.63) is 29.3 Å². The Morgan fingerprint density at radius 3 is 2.86 bits per heavy atom. The van der Waals surface area contributed by atoms with E-state index in [1.807, 2.05) is 0 Å². The van der Waals surface area contributed by atoms with Crippen molar-refractivity contribution in [2.75, 3.05) is 24.5 Å². The van der Waals surface area contributed by atoms with Gasteiger partial charge in [0.05, 0.1) is 0 Å². The summed E-state index contributed by atoms with van der Waals surface area (Å²) in [6, 6.07) is 6.68. The summed E-state index contributed by atoms with van der Waals surface area (Å²) in [5.74, 6) is 0.562. The summed E-state index contributed by atoms with van der Waals surface area (Å²) in [4.78, 5) is 15.0. The molecule has 0 saturated carbocycles. The zero-order valence-electron chi connectivity index (χ0n) is 13.0. The van der Waals surface area contributed by atoms with E-state index in [0.717, 1.165) is 51.7 Å². The van der Waals surface area contributed by atoms with Crippen molar-refractivity contribution in [2.45, 2.75) is 45.4 Å². The number of benzene rings is 1. The average Bonchev–Trinajstić information content (AvgIpc) is 2.76. The fourth-order valence-corrected chi connectivity index (χ4v) is 3.55. The van der Waals surface area contributed by atoms with Crippen molar-refractivity contribution < 1.29 is 4.79 Å². The summed E-state index contributed by atoms with van der Waals surface area (Å²) in [5.41, 5.74) is 3.92. The maximum absolute atomic E-state index is 12.9. The van der Waals surface area contributed by atoms with Gasteiger partial charge < -0.3 is 10.2 Å². The molecule has 3 rings (SSSR count). The molecule has 0 atom stereocenters. The lowest BCUT2D eigenvalue weighted by atomic mass is 9.95. The first-order valence-electron chi connectivity index (χ1n) is 8.43. The van der Waals surface area contributed by atoms with Gasteiger partial charge in [0, 0.05) is 18.2 Å². The van der Waals surface area contributed by atoms with Crippen LogP contribution in [0.2, 0.25) is 0 Å². The highest BCUT2D eigenvalue weighted by molar-refractivity contribution is 5.96. The highest BCUT2D eigenvalue weighted by atomic mass is 16.2. The van der Waals surface area contributed by atoms with Crippen molar-refractivity contribution in [3.8, 4) is 0 Å². The van der Waals surface area contributed by atoms with E-state index in [1.54, 1.807) is 0 Å². The van der Waals surface area contributed by atoms with Gasteiger partial charge in [-0.25, -0.2) is 0 Å². The first-order valence-corrected chi connectivity index (χ1v) is 8.43. The lowest BCUT2D eigenvalue weighted by Crippen LogP contribution is -2.41. The Kier molecular flexibility index (Phi) is 4.59. The van der Waals surface area contributed by atoms with E-state index in [2.05, 4.69) is 35.3 Å². The van der Waals surface area contributed by atoms with Crippen LogP contribution in [0.25, 0.3) is 0 Å². The van der Waals surface area contributed by atoms with E-state index in [-0.39, 0.29) is 5.92 Å². The molecule has 0 radical (unpaired) electrons. The van der Waals surface area contributed by atoms with E-state index in [4.69, 9.17) is 0 Å². The Bertz CT molecular complexity index is 506. The predicted octanol–water partition coefficient (Wildman–Crippen LogP) is 2.92. The summed E-state index contributed by atoms with van der Waals surface area (Å²) in [5, 5.41) is 3.35. The van der Waals surface area contributed by atoms with E-state index in [1.165, 1.54) is 23.2 Å². The first kappa shape index (κ1) is 14.6. The maximum Gasteiger partial charge on any atom is 0.230 e. The molecule has 1 aromatic carbocycles. The number of nitrogens with zero attached hydrogens (tertiary/aromatic N) is 1. The van der Waals surface area contributed by atoms with Crippen LogP contribution in [0, 0.1) is 5.92 Å². The van der Waals surface area contributed by atoms with Crippen molar-refractivity contribution in [2.24, 2.45) is 5.92 Å². The summed E-state index contributed by atoms with van der Waals surface area (Å²) >= 11 is 0. The minimum atomic E-state index is 0.211. The second kappa shape index (κ2) is 6.61. The second-order valence-corrected chi connectivity index (χ2v) is 6.29. The Hall–Kier alpha value is -1.35. The van der Waals surface area contributed by atoms with Gasteiger partial charge in [0.25, 0.3) is 0 Å². The molecule has 1 N–H and O–H groups in total. The quantitative estimate of drug-likeness (QED) is 0.906. The van der Waals surface area contributed by atoms with Crippen LogP contribution in [-0.2, 0) is 17.6 Å². The molecule has 0 aliphatic carbocycles. The van der Waals surface area contributed by atoms with Gasteiger partial charge in [0.15, 0.2) is 0 Å². The second-order valence-electron chi connectivity index (χ2n) is 6.29. The third kappa shape index (κ3) is 3.13. The molecule has 0 bridgehead atoms. The van der Waals surface area contributed by atoms with Crippen molar-refractivity contribution in [1.82, 2.24) is 5.32 Å². The third-order valence-corrected chi connectivity index (χ3v) is 4.88. The van der Waals surface area contributed by atoms with Gasteiger partial charge >= 0.3 is 0 Å². The molecule has 21 heavy (non-hydrogen) atoms. The van der Waals surface area contributed by atoms with E-state index >= 15 is 0 Å². The molecule has 0 spiro atoms. The molecule has 114 valence electrons. The number of amides is 1. The molecule has 0 aromatic heterocycles. The molecule has 3 nitrogen and oxygen atoms in total. The number of hydrogen-bond acceptors (Lipinski definition) is 2. The molecule has 3 heteroatoms. The maximum atomic E-state index is 12.9. The van der Waals surface area contributed by atoms with Crippen molar-refractivity contribution in [1.29, 1.82) is 0 Å². The minimum absolute atomic E-state index is 0.211. The van der Waals surface area contributed by atoms with Gasteiger partial charge in [-0.05, 0) is 68.8 Å². The molecule has 1 saturated heterocycles. The standard InChI is InChI=1S/C18H26N2O/c1-2-14-6-7-17-16(13-14)5-3-4-12-20(17)18(21)15-8-10-19-11-9-15/h6-7,13,15,19H,2-5,8-12H2,1H3. The van der Waals surface area contributed by atoms with Crippen LogP contribution in [0.1, 0.15) is 43.7 Å². The van der Waals surface area contributed by atoms with E-state index in [0.29, 0.717) is 5.91 Å². The fraction of sp³-hybridized carbons (Fsp3) is 0.611. The molecule has 0 unspecified atom stereocenters. The number of fused-ring (bicyclic) bond motifs is 1. The van der Waals surface area contributed by atoms with Crippen LogP contribution < -0.4 is 10.2 Å². The largest absolute Gasteiger partial charge is 0.317 e. The predicted molar refractivity (Wildman–Crippen MR) is 86.7 cm³/mol. The number of nitrogens with one attached hydrogen (secondary N) is 1. The van der Waals surface area contributed by atoms with Gasteiger partial charge in [-0.15, -0.1) is 0 Å². The van der Waals surface area contributed by atoms with Crippen molar-refractivity contribution in [3.63, 3.8) is 0 Å². The minimum Gasteiger partial charge on any atom is -0.317 e. The topological polar surface area (TPSA) is 32.3 Å². The lowest BCUT2D eigenvalue weighted by Gasteiger charge is -2.30. The van der Waals surface area contributed by atoms with E-state index < -0.39 is 0 Å². The normalized spacial score (nSPS) is 20.0. The number of carbonyl (C=O) groups is 1. The summed E-state index contributed by atoms with van der Waals surface area (Å²) in [6.45, 7) is 5.04. The highest BCUT2D eigenvalue weighted by Crippen LogP contribution is 2.30. The van der Waals surface area contributed by atoms with E-state index in [9.17, 15) is 4.79 Å². The number of carbonyl (C=O) groups excluding carboxylic acids is 1. The summed E-state index contributed by atoms with van der Waals surface area (Å²) in [7, 11) is 0. The van der Waals surface area contributed by atoms with Gasteiger partial charge in [-0.3, -0.25) is 4.79 Å². The van der Waals surface area contributed by atoms with Crippen LogP contribution in [0.3, 0.4) is 0 Å². The van der Waals surface area contributed by atoms with Crippen LogP contribution in [-0.4, -0.2) is 25.5 Å².